The molecule has 0 aliphatic rings. The van der Waals surface area contributed by atoms with Gasteiger partial charge in [-0.25, -0.2) is 9.78 Å². The minimum Gasteiger partial charge on any atom is -0.481 e. The predicted molar refractivity (Wildman–Crippen MR) is 110 cm³/mol. The molecule has 1 aromatic carbocycles. The van der Waals surface area contributed by atoms with Gasteiger partial charge in [-0.15, -0.1) is 0 Å². The van der Waals surface area contributed by atoms with Gasteiger partial charge in [-0.2, -0.15) is 13.2 Å². The Bertz CT molecular complexity index is 852. The van der Waals surface area contributed by atoms with E-state index in [9.17, 15) is 18.0 Å². The van der Waals surface area contributed by atoms with Crippen LogP contribution >= 0.6 is 0 Å². The highest BCUT2D eigenvalue weighted by atomic mass is 19.4. The van der Waals surface area contributed by atoms with Crippen molar-refractivity contribution in [2.75, 3.05) is 31.6 Å². The number of hydrogen-bond acceptors (Lipinski definition) is 6. The summed E-state index contributed by atoms with van der Waals surface area (Å²) in [5.74, 6) is -1.27. The largest absolute Gasteiger partial charge is 0.481 e. The van der Waals surface area contributed by atoms with Gasteiger partial charge in [-0.1, -0.05) is 19.9 Å². The number of hydrogen-bond donors (Lipinski definition) is 2. The Hall–Kier alpha value is -3.14. The number of carbonyl (C=O) groups is 2. The Balaban J connectivity index is 0.00000110. The van der Waals surface area contributed by atoms with Crippen molar-refractivity contribution in [3.8, 4) is 0 Å². The number of aliphatic carboxylic acids is 1. The molecule has 2 N–H and O–H groups in total. The summed E-state index contributed by atoms with van der Waals surface area (Å²) in [6.45, 7) is 7.65. The van der Waals surface area contributed by atoms with Crippen LogP contribution in [0, 0.1) is 0 Å². The zero-order valence-corrected chi connectivity index (χ0v) is 17.6. The summed E-state index contributed by atoms with van der Waals surface area (Å²) >= 11 is 0. The van der Waals surface area contributed by atoms with Crippen molar-refractivity contribution in [3.05, 3.63) is 53.7 Å². The van der Waals surface area contributed by atoms with E-state index in [-0.39, 0.29) is 23.7 Å². The van der Waals surface area contributed by atoms with Crippen LogP contribution in [0.3, 0.4) is 0 Å². The number of anilines is 2. The molecule has 0 radical (unpaired) electrons. The molecule has 0 unspecified atom stereocenters. The molecule has 0 spiro atoms. The maximum atomic E-state index is 12.9. The first kappa shape index (κ1) is 25.9. The number of carboxylic acids is 1. The summed E-state index contributed by atoms with van der Waals surface area (Å²) in [5, 5.41) is 10.2. The first-order chi connectivity index (χ1) is 14.6. The number of carboxylic acid groups (broad SMARTS) is 1. The van der Waals surface area contributed by atoms with Gasteiger partial charge in [-0.05, 0) is 43.4 Å². The third-order valence-electron chi connectivity index (χ3n) is 4.02. The Labute approximate surface area is 178 Å². The first-order valence-electron chi connectivity index (χ1n) is 9.56. The third-order valence-corrected chi connectivity index (χ3v) is 4.02. The van der Waals surface area contributed by atoms with Crippen LogP contribution in [0.2, 0.25) is 0 Å². The van der Waals surface area contributed by atoms with Crippen LogP contribution in [0.1, 0.15) is 36.7 Å². The molecule has 0 saturated carbocycles. The number of ether oxygens (including phenoxy) is 1. The molecule has 0 bridgehead atoms. The average Bonchev–Trinajstić information content (AvgIpc) is 2.71. The number of esters is 1. The van der Waals surface area contributed by atoms with Crippen LogP contribution < -0.4 is 5.32 Å². The molecular formula is C21H26F3N3O4. The molecule has 170 valence electrons. The Morgan fingerprint density at radius 2 is 1.81 bits per heavy atom. The zero-order chi connectivity index (χ0) is 23.4. The van der Waals surface area contributed by atoms with E-state index in [0.29, 0.717) is 6.54 Å². The van der Waals surface area contributed by atoms with Crippen LogP contribution in [-0.4, -0.2) is 53.2 Å². The highest BCUT2D eigenvalue weighted by Crippen LogP contribution is 2.31. The van der Waals surface area contributed by atoms with Gasteiger partial charge in [0.05, 0.1) is 5.56 Å². The van der Waals surface area contributed by atoms with E-state index in [1.807, 2.05) is 13.8 Å². The summed E-state index contributed by atoms with van der Waals surface area (Å²) in [7, 11) is 0. The van der Waals surface area contributed by atoms with Gasteiger partial charge < -0.3 is 20.1 Å². The number of nitrogens with one attached hydrogen (secondary N) is 1. The molecule has 0 amide bonds. The van der Waals surface area contributed by atoms with E-state index in [4.69, 9.17) is 14.6 Å². The maximum absolute atomic E-state index is 12.9. The molecule has 10 heteroatoms. The van der Waals surface area contributed by atoms with Crippen LogP contribution in [0.5, 0.6) is 0 Å². The second kappa shape index (κ2) is 12.5. The molecule has 7 nitrogen and oxygen atoms in total. The van der Waals surface area contributed by atoms with Crippen molar-refractivity contribution in [2.45, 2.75) is 26.9 Å². The highest BCUT2D eigenvalue weighted by molar-refractivity contribution is 5.95. The summed E-state index contributed by atoms with van der Waals surface area (Å²) in [4.78, 5) is 27.5. The van der Waals surface area contributed by atoms with Crippen LogP contribution in [-0.2, 0) is 15.7 Å². The number of carbonyl (C=O) groups excluding carboxylic acids is 1. The molecule has 0 aliphatic heterocycles. The van der Waals surface area contributed by atoms with Crippen molar-refractivity contribution in [1.82, 2.24) is 9.88 Å². The molecule has 0 saturated heterocycles. The molecular weight excluding hydrogens is 415 g/mol. The van der Waals surface area contributed by atoms with E-state index in [2.05, 4.69) is 15.2 Å². The molecule has 0 fully saturated rings. The Morgan fingerprint density at radius 1 is 1.16 bits per heavy atom. The van der Waals surface area contributed by atoms with Gasteiger partial charge in [0, 0.05) is 25.4 Å². The van der Waals surface area contributed by atoms with E-state index < -0.39 is 23.7 Å². The standard InChI is InChI=1S/C19H22F3N3O2.C2H4O2/c1-3-25(4-2)11-12-27-18(26)16-9-6-10-23-17(16)24-15-8-5-7-14(13-15)19(20,21)22;1-2(3)4/h5-10,13H,3-4,11-12H2,1-2H3,(H,23,24);1H3,(H,3,4). The van der Waals surface area contributed by atoms with Gasteiger partial charge in [0.15, 0.2) is 0 Å². The van der Waals surface area contributed by atoms with Crippen molar-refractivity contribution in [1.29, 1.82) is 0 Å². The SMILES string of the molecule is CC(=O)O.CCN(CC)CCOC(=O)c1cccnc1Nc1cccc(C(F)(F)F)c1. The molecule has 1 aromatic heterocycles. The number of likely N-dealkylation sites (N-methyl/N-ethyl adjacent to an activating group) is 1. The van der Waals surface area contributed by atoms with E-state index in [0.717, 1.165) is 32.1 Å². The smallest absolute Gasteiger partial charge is 0.416 e. The molecule has 2 aromatic rings. The minimum absolute atomic E-state index is 0.143. The topological polar surface area (TPSA) is 91.8 Å². The van der Waals surface area contributed by atoms with Crippen LogP contribution in [0.4, 0.5) is 24.7 Å². The Morgan fingerprint density at radius 3 is 2.39 bits per heavy atom. The van der Waals surface area contributed by atoms with Crippen molar-refractivity contribution in [3.63, 3.8) is 0 Å². The summed E-state index contributed by atoms with van der Waals surface area (Å²) in [6.07, 6.45) is -3.00. The van der Waals surface area contributed by atoms with Gasteiger partial charge in [0.1, 0.15) is 18.0 Å². The number of halogens is 3. The predicted octanol–water partition coefficient (Wildman–Crippen LogP) is 4.43. The number of pyridine rings is 1. The zero-order valence-electron chi connectivity index (χ0n) is 17.6. The fourth-order valence-corrected chi connectivity index (χ4v) is 2.46. The second-order valence-electron chi connectivity index (χ2n) is 6.28. The molecule has 1 heterocycles. The van der Waals surface area contributed by atoms with E-state index in [1.165, 1.54) is 24.4 Å². The molecule has 2 rings (SSSR count). The van der Waals surface area contributed by atoms with Crippen LogP contribution in [0.15, 0.2) is 42.6 Å². The average molecular weight is 441 g/mol. The molecule has 0 aliphatic carbocycles. The fourth-order valence-electron chi connectivity index (χ4n) is 2.46. The van der Waals surface area contributed by atoms with Crippen molar-refractivity contribution < 1.29 is 32.6 Å². The maximum Gasteiger partial charge on any atom is 0.416 e. The highest BCUT2D eigenvalue weighted by Gasteiger charge is 2.30. The number of benzene rings is 1. The summed E-state index contributed by atoms with van der Waals surface area (Å²) in [5.41, 5.74) is -0.443. The monoisotopic (exact) mass is 441 g/mol. The van der Waals surface area contributed by atoms with E-state index in [1.54, 1.807) is 6.07 Å². The fraction of sp³-hybridized carbons (Fsp3) is 0.381. The van der Waals surface area contributed by atoms with Gasteiger partial charge in [0.25, 0.3) is 5.97 Å². The first-order valence-corrected chi connectivity index (χ1v) is 9.56. The van der Waals surface area contributed by atoms with Gasteiger partial charge in [-0.3, -0.25) is 4.79 Å². The molecule has 31 heavy (non-hydrogen) atoms. The van der Waals surface area contributed by atoms with Crippen LogP contribution in [0.25, 0.3) is 0 Å². The number of alkyl halides is 3. The third kappa shape index (κ3) is 9.47. The van der Waals surface area contributed by atoms with E-state index >= 15 is 0 Å². The quantitative estimate of drug-likeness (QED) is 0.586. The van der Waals surface area contributed by atoms with Crippen molar-refractivity contribution in [2.24, 2.45) is 0 Å². The number of aromatic nitrogens is 1. The lowest BCUT2D eigenvalue weighted by Crippen LogP contribution is -2.28. The van der Waals surface area contributed by atoms with Gasteiger partial charge in [0.2, 0.25) is 0 Å². The lowest BCUT2D eigenvalue weighted by Gasteiger charge is -2.18. The normalized spacial score (nSPS) is 10.8. The Kier molecular flexibility index (Phi) is 10.5. The van der Waals surface area contributed by atoms with Gasteiger partial charge >= 0.3 is 12.1 Å². The number of nitrogens with zero attached hydrogens (tertiary/aromatic N) is 2. The lowest BCUT2D eigenvalue weighted by atomic mass is 10.2. The minimum atomic E-state index is -4.45. The summed E-state index contributed by atoms with van der Waals surface area (Å²) in [6, 6.07) is 7.78. The summed E-state index contributed by atoms with van der Waals surface area (Å²) < 4.78 is 43.8. The van der Waals surface area contributed by atoms with Crippen molar-refractivity contribution >= 4 is 23.4 Å². The lowest BCUT2D eigenvalue weighted by molar-refractivity contribution is -0.137. The number of rotatable bonds is 8. The molecule has 0 atom stereocenters. The second-order valence-corrected chi connectivity index (χ2v) is 6.28.